The van der Waals surface area contributed by atoms with Crippen molar-refractivity contribution in [2.24, 2.45) is 5.10 Å². The van der Waals surface area contributed by atoms with Crippen molar-refractivity contribution in [3.8, 4) is 11.5 Å². The Morgan fingerprint density at radius 1 is 1.15 bits per heavy atom. The van der Waals surface area contributed by atoms with Crippen LogP contribution >= 0.6 is 11.6 Å². The Bertz CT molecular complexity index is 858. The van der Waals surface area contributed by atoms with E-state index >= 15 is 0 Å². The number of halogens is 2. The molecule has 0 aliphatic heterocycles. The fourth-order valence-corrected chi connectivity index (χ4v) is 2.17. The minimum absolute atomic E-state index is 0.175. The van der Waals surface area contributed by atoms with Gasteiger partial charge in [-0.2, -0.15) is 5.10 Å². The van der Waals surface area contributed by atoms with Crippen molar-refractivity contribution in [3.05, 3.63) is 52.8 Å². The number of nitrogens with zero attached hydrogens (tertiary/aromatic N) is 1. The van der Waals surface area contributed by atoms with Crippen LogP contribution in [0.3, 0.4) is 0 Å². The van der Waals surface area contributed by atoms with Gasteiger partial charge >= 0.3 is 11.8 Å². The van der Waals surface area contributed by atoms with Gasteiger partial charge in [-0.05, 0) is 30.3 Å². The van der Waals surface area contributed by atoms with Crippen LogP contribution in [0.5, 0.6) is 11.5 Å². The fourth-order valence-electron chi connectivity index (χ4n) is 1.99. The van der Waals surface area contributed by atoms with E-state index in [2.05, 4.69) is 15.8 Å². The maximum atomic E-state index is 13.1. The van der Waals surface area contributed by atoms with Gasteiger partial charge in [0, 0.05) is 11.3 Å². The number of amides is 2. The highest BCUT2D eigenvalue weighted by molar-refractivity contribution is 6.39. The molecule has 0 spiro atoms. The third-order valence-electron chi connectivity index (χ3n) is 3.19. The van der Waals surface area contributed by atoms with Gasteiger partial charge in [0.05, 0.1) is 25.5 Å². The van der Waals surface area contributed by atoms with Gasteiger partial charge in [-0.15, -0.1) is 0 Å². The second-order valence-corrected chi connectivity index (χ2v) is 5.27. The summed E-state index contributed by atoms with van der Waals surface area (Å²) in [5.74, 6) is -1.70. The summed E-state index contributed by atoms with van der Waals surface area (Å²) >= 11 is 5.61. The molecule has 136 valence electrons. The van der Waals surface area contributed by atoms with Crippen LogP contribution in [0.15, 0.2) is 41.5 Å². The summed E-state index contributed by atoms with van der Waals surface area (Å²) in [7, 11) is 2.96. The van der Waals surface area contributed by atoms with E-state index in [1.807, 2.05) is 0 Å². The summed E-state index contributed by atoms with van der Waals surface area (Å²) < 4.78 is 23.4. The smallest absolute Gasteiger partial charge is 0.329 e. The van der Waals surface area contributed by atoms with Crippen LogP contribution in [0.25, 0.3) is 0 Å². The van der Waals surface area contributed by atoms with E-state index in [1.54, 1.807) is 18.2 Å². The predicted molar refractivity (Wildman–Crippen MR) is 95.3 cm³/mol. The molecule has 0 aromatic heterocycles. The van der Waals surface area contributed by atoms with E-state index in [4.69, 9.17) is 21.1 Å². The molecule has 2 amide bonds. The largest absolute Gasteiger partial charge is 0.493 e. The number of rotatable bonds is 5. The number of hydrogen-bond acceptors (Lipinski definition) is 5. The highest BCUT2D eigenvalue weighted by Crippen LogP contribution is 2.29. The zero-order valence-electron chi connectivity index (χ0n) is 13.9. The highest BCUT2D eigenvalue weighted by Gasteiger charge is 2.14. The van der Waals surface area contributed by atoms with E-state index in [0.717, 1.165) is 6.07 Å². The zero-order chi connectivity index (χ0) is 19.1. The van der Waals surface area contributed by atoms with Crippen LogP contribution in [-0.2, 0) is 9.59 Å². The Morgan fingerprint density at radius 2 is 1.92 bits per heavy atom. The predicted octanol–water partition coefficient (Wildman–Crippen LogP) is 2.59. The van der Waals surface area contributed by atoms with Gasteiger partial charge < -0.3 is 14.8 Å². The first-order valence-electron chi connectivity index (χ1n) is 7.26. The van der Waals surface area contributed by atoms with Gasteiger partial charge in [0.25, 0.3) is 0 Å². The van der Waals surface area contributed by atoms with Crippen molar-refractivity contribution < 1.29 is 23.5 Å². The normalized spacial score (nSPS) is 10.5. The third kappa shape index (κ3) is 4.70. The Balaban J connectivity index is 2.00. The number of anilines is 1. The molecule has 2 N–H and O–H groups in total. The first-order valence-corrected chi connectivity index (χ1v) is 7.64. The highest BCUT2D eigenvalue weighted by atomic mass is 35.5. The molecule has 26 heavy (non-hydrogen) atoms. The maximum Gasteiger partial charge on any atom is 0.329 e. The molecule has 0 bridgehead atoms. The first kappa shape index (κ1) is 19.2. The molecule has 0 saturated heterocycles. The minimum Gasteiger partial charge on any atom is -0.493 e. The third-order valence-corrected chi connectivity index (χ3v) is 3.48. The van der Waals surface area contributed by atoms with Crippen molar-refractivity contribution in [3.63, 3.8) is 0 Å². The van der Waals surface area contributed by atoms with Gasteiger partial charge in [-0.1, -0.05) is 17.7 Å². The zero-order valence-corrected chi connectivity index (χ0v) is 14.6. The molecule has 2 rings (SSSR count). The van der Waals surface area contributed by atoms with Gasteiger partial charge in [-0.25, -0.2) is 9.82 Å². The summed E-state index contributed by atoms with van der Waals surface area (Å²) in [6, 6.07) is 8.65. The van der Waals surface area contributed by atoms with Crippen LogP contribution in [0.1, 0.15) is 5.56 Å². The van der Waals surface area contributed by atoms with Crippen LogP contribution < -0.4 is 20.2 Å². The lowest BCUT2D eigenvalue weighted by atomic mass is 10.2. The standard InChI is InChI=1S/C17H15ClFN3O4/c1-25-14-5-3-4-10(15(14)26-2)9-20-22-17(24)16(23)21-11-6-7-13(19)12(18)8-11/h3-9H,1-2H3,(H,21,23)(H,22,24). The molecule has 2 aromatic rings. The van der Waals surface area contributed by atoms with E-state index < -0.39 is 17.6 Å². The average molecular weight is 380 g/mol. The van der Waals surface area contributed by atoms with Crippen molar-refractivity contribution in [1.29, 1.82) is 0 Å². The molecule has 0 aliphatic rings. The lowest BCUT2D eigenvalue weighted by Gasteiger charge is -2.09. The molecule has 0 atom stereocenters. The van der Waals surface area contributed by atoms with Crippen molar-refractivity contribution >= 4 is 35.3 Å². The minimum atomic E-state index is -1.01. The molecule has 0 fully saturated rings. The summed E-state index contributed by atoms with van der Waals surface area (Å²) in [6.45, 7) is 0. The van der Waals surface area contributed by atoms with Gasteiger partial charge in [-0.3, -0.25) is 9.59 Å². The number of hydrazone groups is 1. The van der Waals surface area contributed by atoms with Crippen LogP contribution in [0.4, 0.5) is 10.1 Å². The molecule has 0 radical (unpaired) electrons. The molecule has 0 unspecified atom stereocenters. The molecular formula is C17H15ClFN3O4. The van der Waals surface area contributed by atoms with Crippen molar-refractivity contribution in [2.75, 3.05) is 19.5 Å². The van der Waals surface area contributed by atoms with E-state index in [1.165, 1.54) is 32.6 Å². The fraction of sp³-hybridized carbons (Fsp3) is 0.118. The van der Waals surface area contributed by atoms with Crippen molar-refractivity contribution in [1.82, 2.24) is 5.43 Å². The second-order valence-electron chi connectivity index (χ2n) is 4.86. The topological polar surface area (TPSA) is 89.0 Å². The monoisotopic (exact) mass is 379 g/mol. The van der Waals surface area contributed by atoms with E-state index in [-0.39, 0.29) is 10.7 Å². The Labute approximate surface area is 153 Å². The molecule has 7 nitrogen and oxygen atoms in total. The van der Waals surface area contributed by atoms with Crippen LogP contribution in [0, 0.1) is 5.82 Å². The number of carbonyl (C=O) groups excluding carboxylic acids is 2. The number of para-hydroxylation sites is 1. The lowest BCUT2D eigenvalue weighted by molar-refractivity contribution is -0.136. The Morgan fingerprint density at radius 3 is 2.58 bits per heavy atom. The quantitative estimate of drug-likeness (QED) is 0.474. The van der Waals surface area contributed by atoms with Gasteiger partial charge in [0.15, 0.2) is 11.5 Å². The SMILES string of the molecule is COc1cccc(C=NNC(=O)C(=O)Nc2ccc(F)c(Cl)c2)c1OC. The van der Waals surface area contributed by atoms with E-state index in [0.29, 0.717) is 17.1 Å². The van der Waals surface area contributed by atoms with Crippen LogP contribution in [0.2, 0.25) is 5.02 Å². The molecule has 9 heteroatoms. The van der Waals surface area contributed by atoms with Gasteiger partial charge in [0.1, 0.15) is 5.82 Å². The number of benzene rings is 2. The molecule has 0 heterocycles. The molecular weight excluding hydrogens is 365 g/mol. The first-order chi connectivity index (χ1) is 12.5. The number of ether oxygens (including phenoxy) is 2. The average Bonchev–Trinajstić information content (AvgIpc) is 2.64. The van der Waals surface area contributed by atoms with Crippen molar-refractivity contribution in [2.45, 2.75) is 0 Å². The lowest BCUT2D eigenvalue weighted by Crippen LogP contribution is -2.32. The summed E-state index contributed by atoms with van der Waals surface area (Å²) in [5, 5.41) is 5.82. The second kappa shape index (κ2) is 8.82. The van der Waals surface area contributed by atoms with E-state index in [9.17, 15) is 14.0 Å². The Kier molecular flexibility index (Phi) is 6.51. The maximum absolute atomic E-state index is 13.1. The number of hydrogen-bond donors (Lipinski definition) is 2. The summed E-state index contributed by atoms with van der Waals surface area (Å²) in [4.78, 5) is 23.6. The Hall–Kier alpha value is -3.13. The van der Waals surface area contributed by atoms with Gasteiger partial charge in [0.2, 0.25) is 0 Å². The summed E-state index contributed by atoms with van der Waals surface area (Å²) in [5.41, 5.74) is 2.80. The molecule has 2 aromatic carbocycles. The molecule has 0 saturated carbocycles. The number of carbonyl (C=O) groups is 2. The number of methoxy groups -OCH3 is 2. The summed E-state index contributed by atoms with van der Waals surface area (Å²) in [6.07, 6.45) is 1.31. The number of nitrogens with one attached hydrogen (secondary N) is 2. The molecule has 0 aliphatic carbocycles. The van der Waals surface area contributed by atoms with Crippen LogP contribution in [-0.4, -0.2) is 32.2 Å².